The molecule has 0 amide bonds. The Hall–Kier alpha value is -0.540. The normalized spacial score (nSPS) is 14.7. The Kier molecular flexibility index (Phi) is 4.17. The van der Waals surface area contributed by atoms with Crippen molar-refractivity contribution in [2.75, 3.05) is 7.11 Å². The van der Waals surface area contributed by atoms with Crippen LogP contribution in [0.2, 0.25) is 0 Å². The smallest absolute Gasteiger partial charge is 0.133 e. The number of ether oxygens (including phenoxy) is 1. The fourth-order valence-electron chi connectivity index (χ4n) is 1.38. The summed E-state index contributed by atoms with van der Waals surface area (Å²) < 4.78 is 6.07. The van der Waals surface area contributed by atoms with Gasteiger partial charge in [-0.2, -0.15) is 0 Å². The molecule has 0 aliphatic heterocycles. The first-order valence-electron chi connectivity index (χ1n) is 5.03. The van der Waals surface area contributed by atoms with Crippen LogP contribution in [0, 0.1) is 0 Å². The standard InChI is InChI=1S/C12H17BrO2/c1-4-12(2,14)8-9-5-6-11(15-3)10(13)7-9/h5-7,14H,4,8H2,1-3H3. The van der Waals surface area contributed by atoms with E-state index >= 15 is 0 Å². The maximum atomic E-state index is 9.95. The average Bonchev–Trinajstić information content (AvgIpc) is 2.17. The Morgan fingerprint density at radius 1 is 1.47 bits per heavy atom. The van der Waals surface area contributed by atoms with Crippen LogP contribution in [0.4, 0.5) is 0 Å². The summed E-state index contributed by atoms with van der Waals surface area (Å²) in [7, 11) is 1.64. The molecule has 84 valence electrons. The molecule has 1 aromatic carbocycles. The fraction of sp³-hybridized carbons (Fsp3) is 0.500. The number of hydrogen-bond acceptors (Lipinski definition) is 2. The minimum atomic E-state index is -0.631. The molecule has 0 saturated heterocycles. The van der Waals surface area contributed by atoms with Crippen molar-refractivity contribution in [3.63, 3.8) is 0 Å². The summed E-state index contributed by atoms with van der Waals surface area (Å²) in [5.74, 6) is 0.815. The SMILES string of the molecule is CCC(C)(O)Cc1ccc(OC)c(Br)c1. The van der Waals surface area contributed by atoms with Crippen molar-refractivity contribution < 1.29 is 9.84 Å². The molecule has 3 heteroatoms. The van der Waals surface area contributed by atoms with Gasteiger partial charge in [0.1, 0.15) is 5.75 Å². The van der Waals surface area contributed by atoms with Crippen LogP contribution in [-0.2, 0) is 6.42 Å². The molecule has 2 nitrogen and oxygen atoms in total. The number of aliphatic hydroxyl groups is 1. The summed E-state index contributed by atoms with van der Waals surface area (Å²) in [4.78, 5) is 0. The highest BCUT2D eigenvalue weighted by Crippen LogP contribution is 2.27. The zero-order valence-corrected chi connectivity index (χ0v) is 11.0. The molecule has 1 unspecified atom stereocenters. The van der Waals surface area contributed by atoms with Gasteiger partial charge in [0.05, 0.1) is 17.2 Å². The van der Waals surface area contributed by atoms with Crippen molar-refractivity contribution in [1.82, 2.24) is 0 Å². The van der Waals surface area contributed by atoms with Crippen LogP contribution in [-0.4, -0.2) is 17.8 Å². The second kappa shape index (κ2) is 4.99. The first kappa shape index (κ1) is 12.5. The molecule has 0 radical (unpaired) electrons. The predicted molar refractivity (Wildman–Crippen MR) is 65.3 cm³/mol. The highest BCUT2D eigenvalue weighted by Gasteiger charge is 2.18. The zero-order chi connectivity index (χ0) is 11.5. The van der Waals surface area contributed by atoms with Crippen LogP contribution in [0.3, 0.4) is 0 Å². The van der Waals surface area contributed by atoms with Gasteiger partial charge in [0.25, 0.3) is 0 Å². The lowest BCUT2D eigenvalue weighted by atomic mass is 9.94. The van der Waals surface area contributed by atoms with E-state index < -0.39 is 5.60 Å². The Morgan fingerprint density at radius 2 is 2.13 bits per heavy atom. The average molecular weight is 273 g/mol. The van der Waals surface area contributed by atoms with Gasteiger partial charge in [-0.15, -0.1) is 0 Å². The maximum absolute atomic E-state index is 9.95. The van der Waals surface area contributed by atoms with Gasteiger partial charge in [0, 0.05) is 6.42 Å². The van der Waals surface area contributed by atoms with E-state index in [2.05, 4.69) is 15.9 Å². The Labute approximate surface area is 99.4 Å². The minimum Gasteiger partial charge on any atom is -0.496 e. The molecule has 0 saturated carbocycles. The van der Waals surface area contributed by atoms with Crippen LogP contribution < -0.4 is 4.74 Å². The summed E-state index contributed by atoms with van der Waals surface area (Å²) in [6, 6.07) is 5.88. The zero-order valence-electron chi connectivity index (χ0n) is 9.38. The van der Waals surface area contributed by atoms with E-state index in [4.69, 9.17) is 4.74 Å². The Balaban J connectivity index is 2.84. The molecule has 0 bridgehead atoms. The van der Waals surface area contributed by atoms with Crippen molar-refractivity contribution in [3.05, 3.63) is 28.2 Å². The van der Waals surface area contributed by atoms with E-state index in [-0.39, 0.29) is 0 Å². The summed E-state index contributed by atoms with van der Waals surface area (Å²) in [5, 5.41) is 9.95. The first-order chi connectivity index (χ1) is 6.98. The van der Waals surface area contributed by atoms with Crippen molar-refractivity contribution in [3.8, 4) is 5.75 Å². The molecule has 1 aromatic rings. The number of hydrogen-bond donors (Lipinski definition) is 1. The molecular formula is C12H17BrO2. The van der Waals surface area contributed by atoms with E-state index in [0.29, 0.717) is 6.42 Å². The van der Waals surface area contributed by atoms with Crippen LogP contribution in [0.1, 0.15) is 25.8 Å². The monoisotopic (exact) mass is 272 g/mol. The lowest BCUT2D eigenvalue weighted by Gasteiger charge is -2.21. The number of benzene rings is 1. The molecule has 1 atom stereocenters. The van der Waals surface area contributed by atoms with Gasteiger partial charge >= 0.3 is 0 Å². The molecule has 15 heavy (non-hydrogen) atoms. The van der Waals surface area contributed by atoms with E-state index in [1.807, 2.05) is 32.0 Å². The summed E-state index contributed by atoms with van der Waals surface area (Å²) in [5.41, 5.74) is 0.475. The van der Waals surface area contributed by atoms with Crippen molar-refractivity contribution in [2.24, 2.45) is 0 Å². The van der Waals surface area contributed by atoms with Gasteiger partial charge in [0.2, 0.25) is 0 Å². The quantitative estimate of drug-likeness (QED) is 0.913. The maximum Gasteiger partial charge on any atom is 0.133 e. The van der Waals surface area contributed by atoms with Gasteiger partial charge in [-0.3, -0.25) is 0 Å². The second-order valence-electron chi connectivity index (χ2n) is 4.00. The first-order valence-corrected chi connectivity index (χ1v) is 5.82. The molecule has 1 N–H and O–H groups in total. The van der Waals surface area contributed by atoms with E-state index in [9.17, 15) is 5.11 Å². The molecule has 0 aliphatic carbocycles. The minimum absolute atomic E-state index is 0.631. The number of halogens is 1. The Bertz CT molecular complexity index is 334. The van der Waals surface area contributed by atoms with Crippen molar-refractivity contribution in [2.45, 2.75) is 32.3 Å². The molecule has 1 rings (SSSR count). The van der Waals surface area contributed by atoms with Gasteiger partial charge in [0.15, 0.2) is 0 Å². The number of rotatable bonds is 4. The molecule has 0 heterocycles. The molecular weight excluding hydrogens is 256 g/mol. The number of methoxy groups -OCH3 is 1. The Morgan fingerprint density at radius 3 is 2.60 bits per heavy atom. The molecule has 0 aliphatic rings. The van der Waals surface area contributed by atoms with Gasteiger partial charge in [-0.1, -0.05) is 13.0 Å². The summed E-state index contributed by atoms with van der Waals surface area (Å²) >= 11 is 3.43. The van der Waals surface area contributed by atoms with E-state index in [1.54, 1.807) is 7.11 Å². The fourth-order valence-corrected chi connectivity index (χ4v) is 1.97. The third-order valence-corrected chi connectivity index (χ3v) is 3.18. The van der Waals surface area contributed by atoms with Gasteiger partial charge in [-0.25, -0.2) is 0 Å². The van der Waals surface area contributed by atoms with Gasteiger partial charge < -0.3 is 9.84 Å². The second-order valence-corrected chi connectivity index (χ2v) is 4.85. The topological polar surface area (TPSA) is 29.5 Å². The van der Waals surface area contributed by atoms with Crippen molar-refractivity contribution in [1.29, 1.82) is 0 Å². The third-order valence-electron chi connectivity index (χ3n) is 2.56. The van der Waals surface area contributed by atoms with Crippen LogP contribution in [0.15, 0.2) is 22.7 Å². The van der Waals surface area contributed by atoms with Gasteiger partial charge in [-0.05, 0) is 47.0 Å². The van der Waals surface area contributed by atoms with Crippen molar-refractivity contribution >= 4 is 15.9 Å². The highest BCUT2D eigenvalue weighted by molar-refractivity contribution is 9.10. The third kappa shape index (κ3) is 3.50. The molecule has 0 aromatic heterocycles. The van der Waals surface area contributed by atoms with Crippen LogP contribution in [0.25, 0.3) is 0 Å². The van der Waals surface area contributed by atoms with E-state index in [1.165, 1.54) is 0 Å². The van der Waals surface area contributed by atoms with Crippen LogP contribution in [0.5, 0.6) is 5.75 Å². The summed E-state index contributed by atoms with van der Waals surface area (Å²) in [6.45, 7) is 3.84. The highest BCUT2D eigenvalue weighted by atomic mass is 79.9. The lowest BCUT2D eigenvalue weighted by molar-refractivity contribution is 0.0564. The summed E-state index contributed by atoms with van der Waals surface area (Å²) in [6.07, 6.45) is 1.41. The molecule has 0 fully saturated rings. The largest absolute Gasteiger partial charge is 0.496 e. The predicted octanol–water partition coefficient (Wildman–Crippen LogP) is 3.16. The van der Waals surface area contributed by atoms with Crippen LogP contribution >= 0.6 is 15.9 Å². The van der Waals surface area contributed by atoms with E-state index in [0.717, 1.165) is 22.2 Å². The molecule has 0 spiro atoms. The lowest BCUT2D eigenvalue weighted by Crippen LogP contribution is -2.25.